The molecular weight excluding hydrogens is 366 g/mol. The van der Waals surface area contributed by atoms with Crippen LogP contribution in [0.2, 0.25) is 0 Å². The van der Waals surface area contributed by atoms with Crippen molar-refractivity contribution in [2.45, 2.75) is 31.5 Å². The van der Waals surface area contributed by atoms with Gasteiger partial charge < -0.3 is 10.1 Å². The molecule has 0 saturated heterocycles. The monoisotopic (exact) mass is 385 g/mol. The van der Waals surface area contributed by atoms with E-state index in [4.69, 9.17) is 4.74 Å². The first-order valence-corrected chi connectivity index (χ1v) is 9.73. The number of nitrogens with zero attached hydrogens (tertiary/aromatic N) is 6. The quantitative estimate of drug-likeness (QED) is 0.620. The van der Waals surface area contributed by atoms with Crippen molar-refractivity contribution in [3.05, 3.63) is 36.0 Å². The number of tetrazole rings is 1. The largest absolute Gasteiger partial charge is 0.492 e. The molecule has 0 spiro atoms. The van der Waals surface area contributed by atoms with Crippen LogP contribution in [-0.4, -0.2) is 48.3 Å². The molecule has 3 heterocycles. The van der Waals surface area contributed by atoms with E-state index in [9.17, 15) is 4.79 Å². The second-order valence-electron chi connectivity index (χ2n) is 5.96. The number of nitrogens with one attached hydrogen (secondary N) is 1. The van der Waals surface area contributed by atoms with Gasteiger partial charge in [0.2, 0.25) is 11.1 Å². The van der Waals surface area contributed by atoms with Gasteiger partial charge in [0.25, 0.3) is 0 Å². The van der Waals surface area contributed by atoms with Crippen molar-refractivity contribution in [2.75, 3.05) is 17.7 Å². The summed E-state index contributed by atoms with van der Waals surface area (Å²) >= 11 is 1.26. The number of aryl methyl sites for hydroxylation is 2. The molecule has 4 rings (SSSR count). The molecule has 1 aliphatic heterocycles. The molecule has 1 aliphatic rings. The van der Waals surface area contributed by atoms with Crippen LogP contribution >= 0.6 is 11.8 Å². The molecule has 0 radical (unpaired) electrons. The molecule has 9 nitrogen and oxygen atoms in total. The number of thioether (sulfide) groups is 1. The molecule has 3 aromatic rings. The van der Waals surface area contributed by atoms with Crippen LogP contribution in [0.5, 0.6) is 5.75 Å². The van der Waals surface area contributed by atoms with Crippen LogP contribution < -0.4 is 10.1 Å². The van der Waals surface area contributed by atoms with Gasteiger partial charge in [-0.1, -0.05) is 23.9 Å². The van der Waals surface area contributed by atoms with Gasteiger partial charge in [-0.25, -0.2) is 0 Å². The number of anilines is 1. The van der Waals surface area contributed by atoms with Crippen LogP contribution in [0.1, 0.15) is 19.0 Å². The Balaban J connectivity index is 1.42. The Kier molecular flexibility index (Phi) is 5.05. The van der Waals surface area contributed by atoms with E-state index < -0.39 is 0 Å². The Morgan fingerprint density at radius 1 is 1.37 bits per heavy atom. The number of carbonyl (C=O) groups excluding carboxylic acids is 1. The molecule has 0 fully saturated rings. The minimum atomic E-state index is -0.149. The van der Waals surface area contributed by atoms with E-state index in [0.29, 0.717) is 23.3 Å². The van der Waals surface area contributed by atoms with Crippen LogP contribution in [0, 0.1) is 0 Å². The molecule has 27 heavy (non-hydrogen) atoms. The Bertz CT molecular complexity index is 931. The number of rotatable bonds is 7. The summed E-state index contributed by atoms with van der Waals surface area (Å²) < 4.78 is 9.15. The molecular formula is C17H19N7O2S. The number of aromatic nitrogens is 6. The average Bonchev–Trinajstić information content (AvgIpc) is 3.37. The standard InChI is InChI=1S/C17H19N7O2S/c1-2-26-14-8-4-3-7-13(14)24-17(19-21-22-24)27-11-16(25)18-15-10-12-6-5-9-23(12)20-15/h3-4,7-8,10H,2,5-6,9,11H2,1H3,(H,18,20,25). The summed E-state index contributed by atoms with van der Waals surface area (Å²) in [4.78, 5) is 12.3. The number of ether oxygens (including phenoxy) is 1. The maximum Gasteiger partial charge on any atom is 0.236 e. The van der Waals surface area contributed by atoms with E-state index in [1.807, 2.05) is 41.9 Å². The summed E-state index contributed by atoms with van der Waals surface area (Å²) in [7, 11) is 0. The maximum atomic E-state index is 12.3. The lowest BCUT2D eigenvalue weighted by molar-refractivity contribution is -0.113. The Morgan fingerprint density at radius 2 is 2.26 bits per heavy atom. The summed E-state index contributed by atoms with van der Waals surface area (Å²) in [5.74, 6) is 1.31. The molecule has 0 unspecified atom stereocenters. The molecule has 2 aromatic heterocycles. The molecule has 1 aromatic carbocycles. The van der Waals surface area contributed by atoms with Crippen molar-refractivity contribution in [1.82, 2.24) is 30.0 Å². The van der Waals surface area contributed by atoms with Crippen LogP contribution in [0.3, 0.4) is 0 Å². The van der Waals surface area contributed by atoms with Crippen LogP contribution in [0.25, 0.3) is 5.69 Å². The molecule has 140 valence electrons. The fourth-order valence-electron chi connectivity index (χ4n) is 2.96. The molecule has 0 aliphatic carbocycles. The average molecular weight is 385 g/mol. The second kappa shape index (κ2) is 7.78. The zero-order chi connectivity index (χ0) is 18.6. The number of benzene rings is 1. The summed E-state index contributed by atoms with van der Waals surface area (Å²) in [6, 6.07) is 9.44. The lowest BCUT2D eigenvalue weighted by atomic mass is 10.3. The minimum Gasteiger partial charge on any atom is -0.492 e. The summed E-state index contributed by atoms with van der Waals surface area (Å²) in [5.41, 5.74) is 1.90. The normalized spacial score (nSPS) is 12.8. The van der Waals surface area contributed by atoms with Crippen LogP contribution in [-0.2, 0) is 17.8 Å². The molecule has 0 saturated carbocycles. The van der Waals surface area contributed by atoms with E-state index in [0.717, 1.165) is 30.8 Å². The molecule has 1 amide bonds. The lowest BCUT2D eigenvalue weighted by Gasteiger charge is -2.10. The summed E-state index contributed by atoms with van der Waals surface area (Å²) in [6.45, 7) is 3.37. The Hall–Kier alpha value is -2.88. The van der Waals surface area contributed by atoms with Gasteiger partial charge in [-0.3, -0.25) is 9.48 Å². The van der Waals surface area contributed by atoms with E-state index >= 15 is 0 Å². The molecule has 0 atom stereocenters. The number of carbonyl (C=O) groups is 1. The number of fused-ring (bicyclic) bond motifs is 1. The van der Waals surface area contributed by atoms with Crippen molar-refractivity contribution >= 4 is 23.5 Å². The molecule has 10 heteroatoms. The highest BCUT2D eigenvalue weighted by Gasteiger charge is 2.17. The zero-order valence-corrected chi connectivity index (χ0v) is 15.6. The van der Waals surface area contributed by atoms with Gasteiger partial charge >= 0.3 is 0 Å². The minimum absolute atomic E-state index is 0.149. The van der Waals surface area contributed by atoms with E-state index in [1.54, 1.807) is 4.68 Å². The fourth-order valence-corrected chi connectivity index (χ4v) is 3.64. The van der Waals surface area contributed by atoms with Gasteiger partial charge in [-0.05, 0) is 42.3 Å². The van der Waals surface area contributed by atoms with Crippen LogP contribution in [0.15, 0.2) is 35.5 Å². The second-order valence-corrected chi connectivity index (χ2v) is 6.90. The SMILES string of the molecule is CCOc1ccccc1-n1nnnc1SCC(=O)Nc1cc2n(n1)CCC2. The third kappa shape index (κ3) is 3.80. The Labute approximate surface area is 160 Å². The number of amides is 1. The van der Waals surface area contributed by atoms with E-state index in [2.05, 4.69) is 25.9 Å². The van der Waals surface area contributed by atoms with Crippen molar-refractivity contribution < 1.29 is 9.53 Å². The summed E-state index contributed by atoms with van der Waals surface area (Å²) in [6.07, 6.45) is 2.12. The number of para-hydroxylation sites is 2. The number of hydrogen-bond acceptors (Lipinski definition) is 7. The van der Waals surface area contributed by atoms with Gasteiger partial charge in [0.1, 0.15) is 11.4 Å². The maximum absolute atomic E-state index is 12.3. The predicted octanol–water partition coefficient (Wildman–Crippen LogP) is 1.93. The summed E-state index contributed by atoms with van der Waals surface area (Å²) in [5, 5.41) is 19.5. The van der Waals surface area contributed by atoms with Crippen molar-refractivity contribution in [2.24, 2.45) is 0 Å². The third-order valence-electron chi connectivity index (χ3n) is 4.10. The first-order valence-electron chi connectivity index (χ1n) is 8.74. The first kappa shape index (κ1) is 17.5. The van der Waals surface area contributed by atoms with E-state index in [1.165, 1.54) is 11.8 Å². The van der Waals surface area contributed by atoms with Gasteiger partial charge in [-0.2, -0.15) is 9.78 Å². The van der Waals surface area contributed by atoms with Crippen molar-refractivity contribution in [3.63, 3.8) is 0 Å². The third-order valence-corrected chi connectivity index (χ3v) is 5.02. The fraction of sp³-hybridized carbons (Fsp3) is 0.353. The smallest absolute Gasteiger partial charge is 0.236 e. The van der Waals surface area contributed by atoms with Gasteiger partial charge in [0.05, 0.1) is 12.4 Å². The predicted molar refractivity (Wildman–Crippen MR) is 100 cm³/mol. The highest BCUT2D eigenvalue weighted by Crippen LogP contribution is 2.26. The van der Waals surface area contributed by atoms with Gasteiger partial charge in [0, 0.05) is 18.3 Å². The zero-order valence-electron chi connectivity index (χ0n) is 14.8. The van der Waals surface area contributed by atoms with Crippen molar-refractivity contribution in [3.8, 4) is 11.4 Å². The molecule has 1 N–H and O–H groups in total. The Morgan fingerprint density at radius 3 is 3.11 bits per heavy atom. The lowest BCUT2D eigenvalue weighted by Crippen LogP contribution is -2.15. The topological polar surface area (TPSA) is 99.8 Å². The van der Waals surface area contributed by atoms with E-state index in [-0.39, 0.29) is 11.7 Å². The molecule has 0 bridgehead atoms. The van der Waals surface area contributed by atoms with Crippen molar-refractivity contribution in [1.29, 1.82) is 0 Å². The highest BCUT2D eigenvalue weighted by molar-refractivity contribution is 7.99. The first-order chi connectivity index (χ1) is 13.2. The van der Waals surface area contributed by atoms with Crippen LogP contribution in [0.4, 0.5) is 5.82 Å². The number of hydrogen-bond donors (Lipinski definition) is 1. The van der Waals surface area contributed by atoms with Gasteiger partial charge in [-0.15, -0.1) is 5.10 Å². The highest BCUT2D eigenvalue weighted by atomic mass is 32.2. The van der Waals surface area contributed by atoms with Gasteiger partial charge in [0.15, 0.2) is 5.82 Å².